The van der Waals surface area contributed by atoms with Crippen LogP contribution < -0.4 is 4.74 Å². The zero-order chi connectivity index (χ0) is 21.5. The lowest BCUT2D eigenvalue weighted by Crippen LogP contribution is -2.40. The molecule has 156 valence electrons. The Kier molecular flexibility index (Phi) is 4.74. The van der Waals surface area contributed by atoms with Crippen LogP contribution in [0.4, 0.5) is 4.39 Å². The van der Waals surface area contributed by atoms with Gasteiger partial charge in [-0.05, 0) is 66.9 Å². The Balaban J connectivity index is 1.65. The van der Waals surface area contributed by atoms with Crippen molar-refractivity contribution in [1.82, 2.24) is 9.88 Å². The molecule has 0 spiro atoms. The number of benzene rings is 3. The van der Waals surface area contributed by atoms with Crippen LogP contribution in [0.15, 0.2) is 66.7 Å². The Labute approximate surface area is 180 Å². The molecule has 0 aliphatic carbocycles. The monoisotopic (exact) mass is 414 g/mol. The summed E-state index contributed by atoms with van der Waals surface area (Å²) in [6.07, 6.45) is 0.734. The Hall–Kier alpha value is -3.60. The van der Waals surface area contributed by atoms with Crippen molar-refractivity contribution in [3.8, 4) is 5.75 Å². The first-order chi connectivity index (χ1) is 15.0. The van der Waals surface area contributed by atoms with Crippen molar-refractivity contribution in [2.45, 2.75) is 19.4 Å². The molecular formula is C26H23FN2O2. The van der Waals surface area contributed by atoms with Gasteiger partial charge in [-0.2, -0.15) is 0 Å². The third kappa shape index (κ3) is 3.36. The second-order valence-corrected chi connectivity index (χ2v) is 8.00. The number of rotatable bonds is 3. The lowest BCUT2D eigenvalue weighted by molar-refractivity contribution is 0.0692. The standard InChI is InChI=1S/C26H23FN2O2/c1-16-3-5-18(6-4-16)26(30)29-14-13-21-22-15-20(31-2)11-12-23(22)28-24(21)25(29)17-7-9-19(27)10-8-17/h3-12,15,25,28H,13-14H2,1-2H3/t25-/m0/s1. The van der Waals surface area contributed by atoms with Crippen molar-refractivity contribution in [1.29, 1.82) is 0 Å². The third-order valence-electron chi connectivity index (χ3n) is 6.08. The van der Waals surface area contributed by atoms with Crippen LogP contribution in [0.25, 0.3) is 10.9 Å². The van der Waals surface area contributed by atoms with Crippen LogP contribution in [0, 0.1) is 12.7 Å². The number of fused-ring (bicyclic) bond motifs is 3. The molecule has 4 aromatic rings. The largest absolute Gasteiger partial charge is 0.497 e. The lowest BCUT2D eigenvalue weighted by atomic mass is 9.91. The molecule has 0 saturated heterocycles. The summed E-state index contributed by atoms with van der Waals surface area (Å²) in [5.74, 6) is 0.472. The maximum absolute atomic E-state index is 13.7. The van der Waals surface area contributed by atoms with Crippen molar-refractivity contribution in [2.75, 3.05) is 13.7 Å². The molecule has 1 N–H and O–H groups in total. The highest BCUT2D eigenvalue weighted by molar-refractivity contribution is 5.95. The van der Waals surface area contributed by atoms with Crippen molar-refractivity contribution in [3.63, 3.8) is 0 Å². The Morgan fingerprint density at radius 3 is 2.52 bits per heavy atom. The van der Waals surface area contributed by atoms with Crippen LogP contribution in [-0.4, -0.2) is 29.4 Å². The number of halogens is 1. The van der Waals surface area contributed by atoms with E-state index in [0.29, 0.717) is 12.1 Å². The van der Waals surface area contributed by atoms with E-state index in [9.17, 15) is 9.18 Å². The van der Waals surface area contributed by atoms with Gasteiger partial charge in [0.15, 0.2) is 0 Å². The van der Waals surface area contributed by atoms with Crippen LogP contribution >= 0.6 is 0 Å². The second-order valence-electron chi connectivity index (χ2n) is 8.00. The Bertz CT molecular complexity index is 1260. The van der Waals surface area contributed by atoms with Crippen LogP contribution in [0.1, 0.15) is 38.8 Å². The van der Waals surface area contributed by atoms with E-state index < -0.39 is 0 Å². The molecule has 1 aromatic heterocycles. The summed E-state index contributed by atoms with van der Waals surface area (Å²) in [4.78, 5) is 18.9. The van der Waals surface area contributed by atoms with Crippen LogP contribution in [0.2, 0.25) is 0 Å². The minimum Gasteiger partial charge on any atom is -0.497 e. The van der Waals surface area contributed by atoms with E-state index in [-0.39, 0.29) is 17.8 Å². The molecule has 0 radical (unpaired) electrons. The molecule has 31 heavy (non-hydrogen) atoms. The molecular weight excluding hydrogens is 391 g/mol. The minimum absolute atomic E-state index is 0.0313. The minimum atomic E-state index is -0.323. The number of methoxy groups -OCH3 is 1. The number of aromatic nitrogens is 1. The van der Waals surface area contributed by atoms with Gasteiger partial charge < -0.3 is 14.6 Å². The molecule has 0 bridgehead atoms. The molecule has 1 aliphatic heterocycles. The average Bonchev–Trinajstić information content (AvgIpc) is 3.17. The number of H-pyrrole nitrogens is 1. The van der Waals surface area contributed by atoms with Crippen molar-refractivity contribution >= 4 is 16.8 Å². The van der Waals surface area contributed by atoms with Gasteiger partial charge in [-0.15, -0.1) is 0 Å². The topological polar surface area (TPSA) is 45.3 Å². The Morgan fingerprint density at radius 1 is 1.06 bits per heavy atom. The summed E-state index contributed by atoms with van der Waals surface area (Å²) in [5, 5.41) is 1.10. The first kappa shape index (κ1) is 19.4. The van der Waals surface area contributed by atoms with Gasteiger partial charge >= 0.3 is 0 Å². The van der Waals surface area contributed by atoms with E-state index in [4.69, 9.17) is 4.74 Å². The summed E-state index contributed by atoms with van der Waals surface area (Å²) in [5.41, 5.74) is 5.79. The summed E-state index contributed by atoms with van der Waals surface area (Å²) in [6.45, 7) is 2.58. The number of ether oxygens (including phenoxy) is 1. The number of nitrogens with zero attached hydrogens (tertiary/aromatic N) is 1. The van der Waals surface area contributed by atoms with Gasteiger partial charge in [-0.1, -0.05) is 29.8 Å². The number of hydrogen-bond acceptors (Lipinski definition) is 2. The van der Waals surface area contributed by atoms with Crippen molar-refractivity contribution in [3.05, 3.63) is 100 Å². The fourth-order valence-electron chi connectivity index (χ4n) is 4.47. The molecule has 1 aliphatic rings. The molecule has 1 amide bonds. The molecule has 1 atom stereocenters. The van der Waals surface area contributed by atoms with Gasteiger partial charge in [0.2, 0.25) is 0 Å². The highest BCUT2D eigenvalue weighted by Gasteiger charge is 2.35. The van der Waals surface area contributed by atoms with Gasteiger partial charge in [-0.3, -0.25) is 4.79 Å². The van der Waals surface area contributed by atoms with E-state index in [1.54, 1.807) is 19.2 Å². The number of amides is 1. The zero-order valence-electron chi connectivity index (χ0n) is 17.5. The summed E-state index contributed by atoms with van der Waals surface area (Å²) in [7, 11) is 1.66. The number of carbonyl (C=O) groups is 1. The molecule has 5 rings (SSSR count). The highest BCUT2D eigenvalue weighted by atomic mass is 19.1. The number of aryl methyl sites for hydroxylation is 1. The van der Waals surface area contributed by atoms with Gasteiger partial charge in [0, 0.05) is 28.7 Å². The lowest BCUT2D eigenvalue weighted by Gasteiger charge is -2.36. The normalized spacial score (nSPS) is 15.7. The van der Waals surface area contributed by atoms with Gasteiger partial charge in [-0.25, -0.2) is 4.39 Å². The van der Waals surface area contributed by atoms with Gasteiger partial charge in [0.05, 0.1) is 13.2 Å². The van der Waals surface area contributed by atoms with Crippen molar-refractivity contribution < 1.29 is 13.9 Å². The predicted octanol–water partition coefficient (Wildman–Crippen LogP) is 5.41. The number of aromatic amines is 1. The fraction of sp³-hybridized carbons (Fsp3) is 0.192. The highest BCUT2D eigenvalue weighted by Crippen LogP contribution is 2.40. The first-order valence-electron chi connectivity index (χ1n) is 10.4. The van der Waals surface area contributed by atoms with E-state index in [0.717, 1.165) is 39.9 Å². The zero-order valence-corrected chi connectivity index (χ0v) is 17.5. The SMILES string of the molecule is COc1ccc2[nH]c3c(c2c1)CCN(C(=O)c1ccc(C)cc1)[C@H]3c1ccc(F)cc1. The number of hydrogen-bond donors (Lipinski definition) is 1. The van der Waals surface area contributed by atoms with Crippen molar-refractivity contribution in [2.24, 2.45) is 0 Å². The fourth-order valence-corrected chi connectivity index (χ4v) is 4.47. The molecule has 5 heteroatoms. The van der Waals surface area contributed by atoms with Gasteiger partial charge in [0.25, 0.3) is 5.91 Å². The van der Waals surface area contributed by atoms with Crippen LogP contribution in [0.5, 0.6) is 5.75 Å². The molecule has 0 saturated carbocycles. The third-order valence-corrected chi connectivity index (χ3v) is 6.08. The molecule has 0 fully saturated rings. The summed E-state index contributed by atoms with van der Waals surface area (Å²) >= 11 is 0. The number of carbonyl (C=O) groups excluding carboxylic acids is 1. The predicted molar refractivity (Wildman–Crippen MR) is 119 cm³/mol. The van der Waals surface area contributed by atoms with Crippen LogP contribution in [0.3, 0.4) is 0 Å². The molecule has 4 nitrogen and oxygen atoms in total. The van der Waals surface area contributed by atoms with Gasteiger partial charge in [0.1, 0.15) is 11.6 Å². The summed E-state index contributed by atoms with van der Waals surface area (Å²) < 4.78 is 19.1. The smallest absolute Gasteiger partial charge is 0.254 e. The average molecular weight is 414 g/mol. The molecule has 0 unspecified atom stereocenters. The number of nitrogens with one attached hydrogen (secondary N) is 1. The Morgan fingerprint density at radius 2 is 1.81 bits per heavy atom. The molecule has 2 heterocycles. The van der Waals surface area contributed by atoms with E-state index in [2.05, 4.69) is 4.98 Å². The summed E-state index contributed by atoms with van der Waals surface area (Å²) in [6, 6.07) is 19.7. The van der Waals surface area contributed by atoms with E-state index in [1.807, 2.05) is 54.3 Å². The maximum Gasteiger partial charge on any atom is 0.254 e. The quantitative estimate of drug-likeness (QED) is 0.487. The van der Waals surface area contributed by atoms with E-state index in [1.165, 1.54) is 17.7 Å². The van der Waals surface area contributed by atoms with Crippen LogP contribution in [-0.2, 0) is 6.42 Å². The first-order valence-corrected chi connectivity index (χ1v) is 10.4. The molecule has 3 aromatic carbocycles. The van der Waals surface area contributed by atoms with E-state index >= 15 is 0 Å². The second kappa shape index (κ2) is 7.58. The maximum atomic E-state index is 13.7.